The van der Waals surface area contributed by atoms with E-state index in [0.29, 0.717) is 0 Å². The van der Waals surface area contributed by atoms with E-state index >= 15 is 0 Å². The first-order valence-corrected chi connectivity index (χ1v) is 8.59. The molecule has 2 aliphatic rings. The van der Waals surface area contributed by atoms with Crippen LogP contribution in [0.1, 0.15) is 24.1 Å². The van der Waals surface area contributed by atoms with Gasteiger partial charge < -0.3 is 5.32 Å². The van der Waals surface area contributed by atoms with Crippen molar-refractivity contribution in [2.45, 2.75) is 32.4 Å². The third-order valence-electron chi connectivity index (χ3n) is 5.26. The highest BCUT2D eigenvalue weighted by Crippen LogP contribution is 2.30. The zero-order valence-corrected chi connectivity index (χ0v) is 16.2. The molecule has 2 atom stereocenters. The van der Waals surface area contributed by atoms with Crippen molar-refractivity contribution >= 4 is 47.3 Å². The first-order chi connectivity index (χ1) is 10.7. The number of piperidine rings is 1. The third-order valence-corrected chi connectivity index (χ3v) is 5.76. The van der Waals surface area contributed by atoms with Crippen molar-refractivity contribution in [1.82, 2.24) is 15.2 Å². The van der Waals surface area contributed by atoms with Crippen LogP contribution in [0.3, 0.4) is 0 Å². The average Bonchev–Trinajstić information content (AvgIpc) is 3.00. The van der Waals surface area contributed by atoms with Gasteiger partial charge in [0.05, 0.1) is 16.2 Å². The third kappa shape index (κ3) is 3.66. The molecule has 1 aromatic heterocycles. The molecule has 0 radical (unpaired) electrons. The molecular formula is C18H24Cl3N3. The minimum absolute atomic E-state index is 0. The van der Waals surface area contributed by atoms with Crippen LogP contribution >= 0.6 is 36.4 Å². The van der Waals surface area contributed by atoms with Crippen LogP contribution in [-0.2, 0) is 6.54 Å². The molecule has 4 rings (SSSR count). The molecule has 0 aliphatic carbocycles. The predicted molar refractivity (Wildman–Crippen MR) is 106 cm³/mol. The predicted octanol–water partition coefficient (Wildman–Crippen LogP) is 4.22. The van der Waals surface area contributed by atoms with Crippen molar-refractivity contribution in [3.05, 3.63) is 40.5 Å². The van der Waals surface area contributed by atoms with Crippen LogP contribution in [0.25, 0.3) is 10.9 Å². The summed E-state index contributed by atoms with van der Waals surface area (Å²) in [7, 11) is 0. The maximum Gasteiger partial charge on any atom is 0.0740 e. The van der Waals surface area contributed by atoms with Gasteiger partial charge in [-0.3, -0.25) is 4.90 Å². The fourth-order valence-electron chi connectivity index (χ4n) is 4.00. The van der Waals surface area contributed by atoms with Gasteiger partial charge in [0.15, 0.2) is 0 Å². The summed E-state index contributed by atoms with van der Waals surface area (Å²) in [5.74, 6) is 0.800. The highest BCUT2D eigenvalue weighted by molar-refractivity contribution is 6.32. The van der Waals surface area contributed by atoms with E-state index in [4.69, 9.17) is 16.6 Å². The molecule has 24 heavy (non-hydrogen) atoms. The Morgan fingerprint density at radius 3 is 2.88 bits per heavy atom. The number of aryl methyl sites for hydroxylation is 1. The number of fused-ring (bicyclic) bond motifs is 2. The Labute approximate surface area is 161 Å². The Balaban J connectivity index is 0.00000104. The lowest BCUT2D eigenvalue weighted by atomic mass is 9.93. The van der Waals surface area contributed by atoms with Gasteiger partial charge in [0.1, 0.15) is 0 Å². The number of pyridine rings is 1. The van der Waals surface area contributed by atoms with Gasteiger partial charge in [-0.15, -0.1) is 24.8 Å². The van der Waals surface area contributed by atoms with Crippen molar-refractivity contribution in [2.75, 3.05) is 19.6 Å². The summed E-state index contributed by atoms with van der Waals surface area (Å²) in [6, 6.07) is 9.00. The molecule has 3 nitrogen and oxygen atoms in total. The normalized spacial score (nSPS) is 23.4. The summed E-state index contributed by atoms with van der Waals surface area (Å²) in [6.07, 6.45) is 2.55. The van der Waals surface area contributed by atoms with Crippen LogP contribution in [0.15, 0.2) is 24.3 Å². The summed E-state index contributed by atoms with van der Waals surface area (Å²) in [5, 5.41) is 5.62. The van der Waals surface area contributed by atoms with Gasteiger partial charge in [-0.1, -0.05) is 29.8 Å². The highest BCUT2D eigenvalue weighted by atomic mass is 35.5. The number of rotatable bonds is 2. The van der Waals surface area contributed by atoms with Gasteiger partial charge in [-0.05, 0) is 43.9 Å². The number of benzene rings is 1. The summed E-state index contributed by atoms with van der Waals surface area (Å²) in [5.41, 5.74) is 3.23. The zero-order chi connectivity index (χ0) is 15.1. The van der Waals surface area contributed by atoms with E-state index in [0.717, 1.165) is 52.2 Å². The molecule has 1 N–H and O–H groups in total. The van der Waals surface area contributed by atoms with Crippen molar-refractivity contribution in [3.8, 4) is 0 Å². The van der Waals surface area contributed by atoms with E-state index in [1.165, 1.54) is 25.9 Å². The SMILES string of the molecule is Cc1c(Cl)c(CN2CCC3NCCC3C2)nc2ccccc12.Cl.Cl. The summed E-state index contributed by atoms with van der Waals surface area (Å²) in [6.45, 7) is 6.45. The Kier molecular flexibility index (Phi) is 6.74. The molecule has 0 spiro atoms. The van der Waals surface area contributed by atoms with Crippen molar-refractivity contribution in [3.63, 3.8) is 0 Å². The second kappa shape index (κ2) is 8.20. The average molecular weight is 389 g/mol. The van der Waals surface area contributed by atoms with Gasteiger partial charge in [-0.25, -0.2) is 4.98 Å². The van der Waals surface area contributed by atoms with Gasteiger partial charge in [0.2, 0.25) is 0 Å². The van der Waals surface area contributed by atoms with E-state index in [2.05, 4.69) is 29.3 Å². The zero-order valence-electron chi connectivity index (χ0n) is 13.8. The molecule has 1 aromatic carbocycles. The quantitative estimate of drug-likeness (QED) is 0.834. The van der Waals surface area contributed by atoms with Crippen molar-refractivity contribution in [1.29, 1.82) is 0 Å². The van der Waals surface area contributed by atoms with Crippen LogP contribution in [0.5, 0.6) is 0 Å². The smallest absolute Gasteiger partial charge is 0.0740 e. The lowest BCUT2D eigenvalue weighted by Crippen LogP contribution is -2.44. The monoisotopic (exact) mass is 387 g/mol. The second-order valence-electron chi connectivity index (χ2n) is 6.65. The minimum atomic E-state index is 0. The van der Waals surface area contributed by atoms with Crippen LogP contribution in [-0.4, -0.2) is 35.6 Å². The van der Waals surface area contributed by atoms with Gasteiger partial charge in [0.25, 0.3) is 0 Å². The van der Waals surface area contributed by atoms with Gasteiger partial charge >= 0.3 is 0 Å². The lowest BCUT2D eigenvalue weighted by Gasteiger charge is -2.34. The van der Waals surface area contributed by atoms with Crippen molar-refractivity contribution < 1.29 is 0 Å². The maximum absolute atomic E-state index is 6.60. The van der Waals surface area contributed by atoms with Gasteiger partial charge in [0, 0.05) is 31.1 Å². The van der Waals surface area contributed by atoms with E-state index in [1.807, 2.05) is 12.1 Å². The number of hydrogen-bond donors (Lipinski definition) is 1. The van der Waals surface area contributed by atoms with Crippen LogP contribution < -0.4 is 5.32 Å². The molecule has 2 aliphatic heterocycles. The van der Waals surface area contributed by atoms with E-state index < -0.39 is 0 Å². The number of para-hydroxylation sites is 1. The molecular weight excluding hydrogens is 365 g/mol. The number of hydrogen-bond acceptors (Lipinski definition) is 3. The molecule has 0 amide bonds. The second-order valence-corrected chi connectivity index (χ2v) is 7.03. The molecule has 2 unspecified atom stereocenters. The number of nitrogens with one attached hydrogen (secondary N) is 1. The van der Waals surface area contributed by atoms with Crippen LogP contribution in [0, 0.1) is 12.8 Å². The standard InChI is InChI=1S/C18H22ClN3.2ClH/c1-12-14-4-2-3-5-16(14)21-17(18(12)19)11-22-9-7-15-13(10-22)6-8-20-15;;/h2-5,13,15,20H,6-11H2,1H3;2*1H. The van der Waals surface area contributed by atoms with Crippen LogP contribution in [0.2, 0.25) is 5.02 Å². The molecule has 132 valence electrons. The molecule has 3 heterocycles. The molecule has 6 heteroatoms. The highest BCUT2D eigenvalue weighted by Gasteiger charge is 2.32. The molecule has 2 saturated heterocycles. The van der Waals surface area contributed by atoms with E-state index in [1.54, 1.807) is 0 Å². The Morgan fingerprint density at radius 1 is 1.25 bits per heavy atom. The van der Waals surface area contributed by atoms with E-state index in [9.17, 15) is 0 Å². The Hall–Kier alpha value is -0.580. The van der Waals surface area contributed by atoms with E-state index in [-0.39, 0.29) is 24.8 Å². The number of halogens is 3. The first kappa shape index (κ1) is 19.7. The lowest BCUT2D eigenvalue weighted by molar-refractivity contribution is 0.154. The number of likely N-dealkylation sites (tertiary alicyclic amines) is 1. The summed E-state index contributed by atoms with van der Waals surface area (Å²) in [4.78, 5) is 7.35. The molecule has 2 fully saturated rings. The first-order valence-electron chi connectivity index (χ1n) is 8.22. The molecule has 2 aromatic rings. The number of nitrogens with zero attached hydrogens (tertiary/aromatic N) is 2. The number of aromatic nitrogens is 1. The fraction of sp³-hybridized carbons (Fsp3) is 0.500. The minimum Gasteiger partial charge on any atom is -0.314 e. The largest absolute Gasteiger partial charge is 0.314 e. The molecule has 0 saturated carbocycles. The Morgan fingerprint density at radius 2 is 2.04 bits per heavy atom. The maximum atomic E-state index is 6.60. The van der Waals surface area contributed by atoms with Crippen molar-refractivity contribution in [2.24, 2.45) is 5.92 Å². The van der Waals surface area contributed by atoms with Crippen LogP contribution in [0.4, 0.5) is 0 Å². The Bertz CT molecular complexity index is 707. The van der Waals surface area contributed by atoms with Gasteiger partial charge in [-0.2, -0.15) is 0 Å². The fourth-order valence-corrected chi connectivity index (χ4v) is 4.20. The molecule has 0 bridgehead atoms. The summed E-state index contributed by atoms with van der Waals surface area (Å²) < 4.78 is 0. The summed E-state index contributed by atoms with van der Waals surface area (Å²) >= 11 is 6.60. The topological polar surface area (TPSA) is 28.2 Å².